The predicted molar refractivity (Wildman–Crippen MR) is 76.4 cm³/mol. The van der Waals surface area contributed by atoms with Gasteiger partial charge in [0, 0.05) is 30.9 Å². The van der Waals surface area contributed by atoms with Crippen molar-refractivity contribution in [2.24, 2.45) is 0 Å². The van der Waals surface area contributed by atoms with E-state index < -0.39 is 4.92 Å². The lowest BCUT2D eigenvalue weighted by molar-refractivity contribution is -0.385. The summed E-state index contributed by atoms with van der Waals surface area (Å²) in [4.78, 5) is 12.6. The second-order valence-electron chi connectivity index (χ2n) is 4.59. The Kier molecular flexibility index (Phi) is 4.57. The second kappa shape index (κ2) is 6.38. The van der Waals surface area contributed by atoms with E-state index in [1.165, 1.54) is 13.2 Å². The molecule has 1 atom stereocenters. The summed E-state index contributed by atoms with van der Waals surface area (Å²) in [5.41, 5.74) is 0.895. The van der Waals surface area contributed by atoms with E-state index >= 15 is 0 Å². The third-order valence-electron chi connectivity index (χ3n) is 3.32. The van der Waals surface area contributed by atoms with E-state index in [-0.39, 0.29) is 17.5 Å². The molecule has 1 aliphatic rings. The number of nitro groups is 1. The van der Waals surface area contributed by atoms with E-state index in [2.05, 4.69) is 11.5 Å². The fourth-order valence-corrected chi connectivity index (χ4v) is 2.32. The van der Waals surface area contributed by atoms with Gasteiger partial charge < -0.3 is 14.4 Å². The van der Waals surface area contributed by atoms with Crippen molar-refractivity contribution in [2.75, 3.05) is 31.7 Å². The Hall–Kier alpha value is -2.08. The molecule has 1 fully saturated rings. The number of hydrogen-bond acceptors (Lipinski definition) is 5. The average molecular weight is 278 g/mol. The smallest absolute Gasteiger partial charge is 0.311 e. The summed E-state index contributed by atoms with van der Waals surface area (Å²) in [7, 11) is 1.44. The second-order valence-corrected chi connectivity index (χ2v) is 4.59. The summed E-state index contributed by atoms with van der Waals surface area (Å²) >= 11 is 0. The van der Waals surface area contributed by atoms with Crippen LogP contribution in [0.3, 0.4) is 0 Å². The van der Waals surface area contributed by atoms with Crippen LogP contribution in [-0.4, -0.2) is 37.8 Å². The molecule has 0 aromatic heterocycles. The third-order valence-corrected chi connectivity index (χ3v) is 3.32. The lowest BCUT2D eigenvalue weighted by atomic mass is 10.2. The normalized spacial score (nSPS) is 18.1. The van der Waals surface area contributed by atoms with Crippen LogP contribution in [0.4, 0.5) is 11.4 Å². The van der Waals surface area contributed by atoms with Crippen LogP contribution in [0.1, 0.15) is 6.42 Å². The first-order valence-corrected chi connectivity index (χ1v) is 6.45. The average Bonchev–Trinajstić information content (AvgIpc) is 2.93. The largest absolute Gasteiger partial charge is 0.490 e. The van der Waals surface area contributed by atoms with E-state index in [4.69, 9.17) is 9.47 Å². The summed E-state index contributed by atoms with van der Waals surface area (Å²) in [5.74, 6) is 0.281. The summed E-state index contributed by atoms with van der Waals surface area (Å²) in [6, 6.07) is 4.93. The molecule has 1 saturated heterocycles. The molecule has 1 aliphatic heterocycles. The molecule has 2 rings (SSSR count). The molecule has 1 aromatic carbocycles. The van der Waals surface area contributed by atoms with Crippen molar-refractivity contribution in [2.45, 2.75) is 12.5 Å². The van der Waals surface area contributed by atoms with Gasteiger partial charge in [-0.25, -0.2) is 0 Å². The van der Waals surface area contributed by atoms with Crippen LogP contribution in [0.5, 0.6) is 5.75 Å². The van der Waals surface area contributed by atoms with Gasteiger partial charge in [-0.05, 0) is 12.5 Å². The van der Waals surface area contributed by atoms with E-state index in [1.807, 2.05) is 0 Å². The van der Waals surface area contributed by atoms with Crippen LogP contribution >= 0.6 is 0 Å². The first kappa shape index (κ1) is 14.3. The van der Waals surface area contributed by atoms with Crippen LogP contribution in [0, 0.1) is 10.1 Å². The zero-order valence-electron chi connectivity index (χ0n) is 11.4. The molecule has 0 radical (unpaired) electrons. The van der Waals surface area contributed by atoms with Crippen molar-refractivity contribution >= 4 is 11.4 Å². The lowest BCUT2D eigenvalue weighted by Crippen LogP contribution is -2.22. The quantitative estimate of drug-likeness (QED) is 0.454. The van der Waals surface area contributed by atoms with Crippen molar-refractivity contribution in [3.8, 4) is 5.75 Å². The van der Waals surface area contributed by atoms with Crippen LogP contribution < -0.4 is 9.64 Å². The third kappa shape index (κ3) is 3.08. The Morgan fingerprint density at radius 3 is 3.05 bits per heavy atom. The summed E-state index contributed by atoms with van der Waals surface area (Å²) in [5, 5.41) is 10.9. The maximum atomic E-state index is 10.9. The SMILES string of the molecule is C=CCOC1CCN(c2ccc([N+](=O)[O-])c(OC)c2)C1. The molecule has 6 heteroatoms. The molecule has 0 aliphatic carbocycles. The number of methoxy groups -OCH3 is 1. The summed E-state index contributed by atoms with van der Waals surface area (Å²) in [6.07, 6.45) is 2.85. The molecule has 108 valence electrons. The van der Waals surface area contributed by atoms with Crippen LogP contribution in [0.2, 0.25) is 0 Å². The zero-order valence-corrected chi connectivity index (χ0v) is 11.4. The number of benzene rings is 1. The molecule has 6 nitrogen and oxygen atoms in total. The van der Waals surface area contributed by atoms with Crippen LogP contribution in [-0.2, 0) is 4.74 Å². The van der Waals surface area contributed by atoms with Crippen LogP contribution in [0.25, 0.3) is 0 Å². The molecule has 1 aromatic rings. The summed E-state index contributed by atoms with van der Waals surface area (Å²) in [6.45, 7) is 5.81. The molecular formula is C14H18N2O4. The maximum absolute atomic E-state index is 10.9. The van der Waals surface area contributed by atoms with Gasteiger partial charge in [0.1, 0.15) is 0 Å². The summed E-state index contributed by atoms with van der Waals surface area (Å²) < 4.78 is 10.7. The van der Waals surface area contributed by atoms with Gasteiger partial charge in [0.2, 0.25) is 0 Å². The fourth-order valence-electron chi connectivity index (χ4n) is 2.32. The topological polar surface area (TPSA) is 64.8 Å². The number of hydrogen-bond donors (Lipinski definition) is 0. The van der Waals surface area contributed by atoms with Crippen molar-refractivity contribution in [1.82, 2.24) is 0 Å². The van der Waals surface area contributed by atoms with E-state index in [0.717, 1.165) is 25.2 Å². The highest BCUT2D eigenvalue weighted by Crippen LogP contribution is 2.32. The van der Waals surface area contributed by atoms with E-state index in [0.29, 0.717) is 6.61 Å². The minimum Gasteiger partial charge on any atom is -0.490 e. The molecule has 0 saturated carbocycles. The van der Waals surface area contributed by atoms with Gasteiger partial charge in [-0.2, -0.15) is 0 Å². The highest BCUT2D eigenvalue weighted by molar-refractivity contribution is 5.59. The van der Waals surface area contributed by atoms with E-state index in [1.54, 1.807) is 18.2 Å². The van der Waals surface area contributed by atoms with Gasteiger partial charge in [-0.15, -0.1) is 6.58 Å². The number of ether oxygens (including phenoxy) is 2. The number of nitrogens with zero attached hydrogens (tertiary/aromatic N) is 2. The number of nitro benzene ring substituents is 1. The molecule has 0 amide bonds. The Labute approximate surface area is 117 Å². The van der Waals surface area contributed by atoms with Gasteiger partial charge >= 0.3 is 5.69 Å². The van der Waals surface area contributed by atoms with Gasteiger partial charge in [0.05, 0.1) is 24.7 Å². The Balaban J connectivity index is 2.10. The van der Waals surface area contributed by atoms with Crippen molar-refractivity contribution in [3.05, 3.63) is 41.0 Å². The Bertz CT molecular complexity index is 504. The molecule has 1 heterocycles. The highest BCUT2D eigenvalue weighted by atomic mass is 16.6. The van der Waals surface area contributed by atoms with Crippen molar-refractivity contribution in [1.29, 1.82) is 0 Å². The number of anilines is 1. The number of rotatable bonds is 6. The first-order valence-electron chi connectivity index (χ1n) is 6.45. The Morgan fingerprint density at radius 1 is 1.60 bits per heavy atom. The molecular weight excluding hydrogens is 260 g/mol. The monoisotopic (exact) mass is 278 g/mol. The molecule has 20 heavy (non-hydrogen) atoms. The molecule has 0 bridgehead atoms. The molecule has 1 unspecified atom stereocenters. The molecule has 0 N–H and O–H groups in total. The highest BCUT2D eigenvalue weighted by Gasteiger charge is 2.25. The minimum absolute atomic E-state index is 0.0186. The van der Waals surface area contributed by atoms with Crippen molar-refractivity contribution < 1.29 is 14.4 Å². The first-order chi connectivity index (χ1) is 9.65. The minimum atomic E-state index is -0.442. The van der Waals surface area contributed by atoms with Crippen LogP contribution in [0.15, 0.2) is 30.9 Å². The van der Waals surface area contributed by atoms with Crippen molar-refractivity contribution in [3.63, 3.8) is 0 Å². The predicted octanol–water partition coefficient (Wildman–Crippen LogP) is 2.38. The van der Waals surface area contributed by atoms with Gasteiger partial charge in [-0.3, -0.25) is 10.1 Å². The standard InChI is InChI=1S/C14H18N2O4/c1-3-8-20-12-6-7-15(10-12)11-4-5-13(16(17)18)14(9-11)19-2/h3-5,9,12H,1,6-8,10H2,2H3. The van der Waals surface area contributed by atoms with Gasteiger partial charge in [0.15, 0.2) is 5.75 Å². The fraction of sp³-hybridized carbons (Fsp3) is 0.429. The molecule has 0 spiro atoms. The van der Waals surface area contributed by atoms with Gasteiger partial charge in [-0.1, -0.05) is 6.08 Å². The lowest BCUT2D eigenvalue weighted by Gasteiger charge is -2.19. The zero-order chi connectivity index (χ0) is 14.5. The maximum Gasteiger partial charge on any atom is 0.311 e. The van der Waals surface area contributed by atoms with Gasteiger partial charge in [0.25, 0.3) is 0 Å². The van der Waals surface area contributed by atoms with E-state index in [9.17, 15) is 10.1 Å². The Morgan fingerprint density at radius 2 is 2.40 bits per heavy atom.